The second-order valence-corrected chi connectivity index (χ2v) is 6.37. The number of aliphatic hydroxyl groups is 1. The fourth-order valence-electron chi connectivity index (χ4n) is 2.67. The molecule has 3 aromatic rings. The van der Waals surface area contributed by atoms with Crippen LogP contribution in [-0.4, -0.2) is 29.2 Å². The molecule has 3 rings (SSSR count). The van der Waals surface area contributed by atoms with Crippen molar-refractivity contribution in [2.45, 2.75) is 25.9 Å². The molecular formula is C25H27NO3. The SMILES string of the molecule is [2H]c1c([2H])c(C(=O)O)c([2H])c(-c2cccc(CCC([2H])([2H])NC[C@H](O)c3c([2H])c([2H])c([2H])c(C)c3[2H])c2)c1[2H]. The van der Waals surface area contributed by atoms with E-state index in [0.717, 1.165) is 0 Å². The lowest BCUT2D eigenvalue weighted by Gasteiger charge is -2.13. The third kappa shape index (κ3) is 6.01. The normalized spacial score (nSPS) is 17.3. The molecule has 0 unspecified atom stereocenters. The fraction of sp³-hybridized carbons (Fsp3) is 0.240. The maximum atomic E-state index is 11.6. The fourth-order valence-corrected chi connectivity index (χ4v) is 2.67. The number of nitrogens with one attached hydrogen (secondary N) is 1. The Morgan fingerprint density at radius 3 is 2.83 bits per heavy atom. The zero-order valence-corrected chi connectivity index (χ0v) is 15.8. The molecule has 0 bridgehead atoms. The van der Waals surface area contributed by atoms with E-state index in [0.29, 0.717) is 5.56 Å². The van der Waals surface area contributed by atoms with E-state index < -0.39 is 60.4 Å². The summed E-state index contributed by atoms with van der Waals surface area (Å²) in [6.07, 6.45) is -1.38. The highest BCUT2D eigenvalue weighted by Gasteiger charge is 2.07. The van der Waals surface area contributed by atoms with Crippen LogP contribution in [0.4, 0.5) is 0 Å². The molecule has 0 spiro atoms. The number of benzene rings is 3. The first-order valence-electron chi connectivity index (χ1n) is 14.0. The van der Waals surface area contributed by atoms with Gasteiger partial charge in [0.05, 0.1) is 22.6 Å². The van der Waals surface area contributed by atoms with Crippen LogP contribution in [-0.2, 0) is 6.42 Å². The minimum absolute atomic E-state index is 0.0871. The van der Waals surface area contributed by atoms with E-state index >= 15 is 0 Å². The minimum atomic E-state index is -2.01. The number of carboxylic acid groups (broad SMARTS) is 1. The molecule has 4 heteroatoms. The first-order valence-corrected chi connectivity index (χ1v) is 9.01. The van der Waals surface area contributed by atoms with E-state index in [2.05, 4.69) is 5.32 Å². The molecule has 0 aliphatic heterocycles. The Kier molecular flexibility index (Phi) is 3.90. The molecule has 0 saturated heterocycles. The highest BCUT2D eigenvalue weighted by Crippen LogP contribution is 2.22. The Morgan fingerprint density at radius 1 is 1.17 bits per heavy atom. The molecule has 4 nitrogen and oxygen atoms in total. The molecule has 1 atom stereocenters. The Morgan fingerprint density at radius 2 is 2.00 bits per heavy atom. The number of carbonyl (C=O) groups is 1. The molecule has 0 heterocycles. The summed E-state index contributed by atoms with van der Waals surface area (Å²) in [5, 5.41) is 22.5. The van der Waals surface area contributed by atoms with Crippen LogP contribution in [0.15, 0.2) is 72.6 Å². The van der Waals surface area contributed by atoms with Crippen molar-refractivity contribution in [1.29, 1.82) is 0 Å². The van der Waals surface area contributed by atoms with Crippen LogP contribution in [0.1, 0.15) is 53.3 Å². The van der Waals surface area contributed by atoms with Gasteiger partial charge in [0.1, 0.15) is 0 Å². The van der Waals surface area contributed by atoms with E-state index in [4.69, 9.17) is 13.7 Å². The molecule has 0 aliphatic rings. The summed E-state index contributed by atoms with van der Waals surface area (Å²) in [5.41, 5.74) is 0.0816. The number of carboxylic acids is 1. The zero-order chi connectivity index (χ0) is 29.4. The maximum Gasteiger partial charge on any atom is 0.335 e. The van der Waals surface area contributed by atoms with Gasteiger partial charge in [-0.3, -0.25) is 0 Å². The largest absolute Gasteiger partial charge is 0.478 e. The number of rotatable bonds is 9. The molecule has 0 amide bonds. The zero-order valence-electron chi connectivity index (χ0n) is 25.8. The molecule has 0 aliphatic carbocycles. The predicted octanol–water partition coefficient (Wildman–Crippen LogP) is 4.62. The number of aryl methyl sites for hydroxylation is 1. The standard InChI is InChI=1S/C25H27NO3/c1-18-6-2-11-22(14-18)24(27)17-26-13-5-8-19-7-3-9-20(15-19)21-10-4-12-23(16-21)25(28)29/h2-4,6-7,9-12,14-16,24,26-27H,5,8,13,17H2,1H3,(H,28,29)/t24-/m0/s1/i2D,4D,6D,10D,11D,12D,13D2,14D,16D. The Labute approximate surface area is 185 Å². The second-order valence-electron chi connectivity index (χ2n) is 6.37. The van der Waals surface area contributed by atoms with E-state index in [1.165, 1.54) is 13.0 Å². The molecule has 0 fully saturated rings. The van der Waals surface area contributed by atoms with E-state index in [1.54, 1.807) is 18.2 Å². The Balaban J connectivity index is 1.78. The third-order valence-electron chi connectivity index (χ3n) is 4.12. The first kappa shape index (κ1) is 11.3. The second kappa shape index (κ2) is 10.0. The number of hydrogen-bond acceptors (Lipinski definition) is 3. The lowest BCUT2D eigenvalue weighted by Crippen LogP contribution is -2.22. The van der Waals surface area contributed by atoms with E-state index in [9.17, 15) is 15.0 Å². The molecule has 150 valence electrons. The van der Waals surface area contributed by atoms with Gasteiger partial charge in [-0.25, -0.2) is 4.79 Å². The summed E-state index contributed by atoms with van der Waals surface area (Å²) in [5.74, 6) is -1.54. The highest BCUT2D eigenvalue weighted by molar-refractivity contribution is 5.89. The highest BCUT2D eigenvalue weighted by atomic mass is 16.4. The molecule has 0 radical (unpaired) electrons. The number of hydrogen-bond donors (Lipinski definition) is 3. The number of aliphatic hydroxyl groups excluding tert-OH is 1. The van der Waals surface area contributed by atoms with Gasteiger partial charge in [0.15, 0.2) is 0 Å². The van der Waals surface area contributed by atoms with Crippen LogP contribution in [0, 0.1) is 6.92 Å². The summed E-state index contributed by atoms with van der Waals surface area (Å²) in [7, 11) is 0. The van der Waals surface area contributed by atoms with Crippen molar-refractivity contribution in [2.75, 3.05) is 13.0 Å². The van der Waals surface area contributed by atoms with Crippen LogP contribution < -0.4 is 5.32 Å². The van der Waals surface area contributed by atoms with Crippen molar-refractivity contribution in [3.63, 3.8) is 0 Å². The summed E-state index contributed by atoms with van der Waals surface area (Å²) in [4.78, 5) is 11.6. The monoisotopic (exact) mass is 399 g/mol. The summed E-state index contributed by atoms with van der Waals surface area (Å²) in [6, 6.07) is 2.66. The lowest BCUT2D eigenvalue weighted by atomic mass is 9.99. The van der Waals surface area contributed by atoms with Crippen molar-refractivity contribution in [1.82, 2.24) is 5.32 Å². The average Bonchev–Trinajstić information content (AvgIpc) is 2.87. The molecule has 0 saturated carbocycles. The van der Waals surface area contributed by atoms with Crippen molar-refractivity contribution >= 4 is 5.97 Å². The van der Waals surface area contributed by atoms with Gasteiger partial charge in [-0.05, 0) is 60.6 Å². The molecule has 0 aromatic heterocycles. The van der Waals surface area contributed by atoms with Gasteiger partial charge in [-0.2, -0.15) is 0 Å². The Bertz CT molecular complexity index is 1420. The molecular weight excluding hydrogens is 362 g/mol. The van der Waals surface area contributed by atoms with Gasteiger partial charge in [0.25, 0.3) is 0 Å². The summed E-state index contributed by atoms with van der Waals surface area (Å²) < 4.78 is 80.6. The van der Waals surface area contributed by atoms with Gasteiger partial charge in [0, 0.05) is 9.29 Å². The quantitative estimate of drug-likeness (QED) is 0.491. The van der Waals surface area contributed by atoms with Crippen molar-refractivity contribution in [2.24, 2.45) is 0 Å². The summed E-state index contributed by atoms with van der Waals surface area (Å²) in [6.45, 7) is -0.912. The van der Waals surface area contributed by atoms with Crippen molar-refractivity contribution in [3.05, 3.63) is 94.9 Å². The van der Waals surface area contributed by atoms with Gasteiger partial charge in [-0.15, -0.1) is 0 Å². The van der Waals surface area contributed by atoms with Crippen LogP contribution in [0.25, 0.3) is 11.1 Å². The topological polar surface area (TPSA) is 69.6 Å². The first-order chi connectivity index (χ1) is 18.1. The van der Waals surface area contributed by atoms with Crippen molar-refractivity contribution in [3.8, 4) is 11.1 Å². The van der Waals surface area contributed by atoms with Gasteiger partial charge >= 0.3 is 5.97 Å². The Hall–Kier alpha value is -2.95. The summed E-state index contributed by atoms with van der Waals surface area (Å²) >= 11 is 0. The lowest BCUT2D eigenvalue weighted by molar-refractivity contribution is 0.0697. The maximum absolute atomic E-state index is 11.6. The van der Waals surface area contributed by atoms with Crippen LogP contribution in [0.5, 0.6) is 0 Å². The molecule has 29 heavy (non-hydrogen) atoms. The molecule has 3 aromatic carbocycles. The smallest absolute Gasteiger partial charge is 0.335 e. The third-order valence-corrected chi connectivity index (χ3v) is 4.12. The van der Waals surface area contributed by atoms with Gasteiger partial charge in [-0.1, -0.05) is 66.1 Å². The van der Waals surface area contributed by atoms with E-state index in [-0.39, 0.29) is 53.7 Å². The van der Waals surface area contributed by atoms with E-state index in [1.807, 2.05) is 0 Å². The average molecular weight is 400 g/mol. The van der Waals surface area contributed by atoms with Crippen LogP contribution >= 0.6 is 0 Å². The van der Waals surface area contributed by atoms with Gasteiger partial charge < -0.3 is 15.5 Å². The predicted molar refractivity (Wildman–Crippen MR) is 116 cm³/mol. The van der Waals surface area contributed by atoms with Crippen LogP contribution in [0.3, 0.4) is 0 Å². The van der Waals surface area contributed by atoms with Gasteiger partial charge in [0.2, 0.25) is 0 Å². The van der Waals surface area contributed by atoms with Crippen LogP contribution in [0.2, 0.25) is 0 Å². The van der Waals surface area contributed by atoms with Crippen molar-refractivity contribution < 1.29 is 28.7 Å². The molecule has 3 N–H and O–H groups in total. The minimum Gasteiger partial charge on any atom is -0.478 e. The number of aromatic carboxylic acids is 1.